The van der Waals surface area contributed by atoms with E-state index < -0.39 is 0 Å². The number of hydrogen-bond donors (Lipinski definition) is 1. The zero-order chi connectivity index (χ0) is 20.8. The predicted molar refractivity (Wildman–Crippen MR) is 110 cm³/mol. The maximum atomic E-state index is 13.0. The summed E-state index contributed by atoms with van der Waals surface area (Å²) in [6.45, 7) is 2.93. The highest BCUT2D eigenvalue weighted by atomic mass is 16.5. The van der Waals surface area contributed by atoms with Gasteiger partial charge >= 0.3 is 0 Å². The molecule has 0 spiro atoms. The number of rotatable bonds is 9. The lowest BCUT2D eigenvalue weighted by atomic mass is 10.0. The molecule has 0 saturated heterocycles. The molecule has 2 aromatic rings. The average Bonchev–Trinajstić information content (AvgIpc) is 2.97. The Labute approximate surface area is 169 Å². The van der Waals surface area contributed by atoms with E-state index >= 15 is 0 Å². The smallest absolute Gasteiger partial charge is 0.278 e. The third kappa shape index (κ3) is 4.41. The van der Waals surface area contributed by atoms with Gasteiger partial charge in [-0.1, -0.05) is 12.1 Å². The Morgan fingerprint density at radius 3 is 2.14 bits per heavy atom. The molecule has 2 aromatic carbocycles. The van der Waals surface area contributed by atoms with Crippen molar-refractivity contribution < 1.29 is 23.8 Å². The number of ether oxygens (including phenoxy) is 3. The SMILES string of the molecule is CCOc1ccc(NC2=C(c3ccc(OC)cc3)C(=O)N(CCOC)C2=O)cc1. The third-order valence-electron chi connectivity index (χ3n) is 4.50. The van der Waals surface area contributed by atoms with Crippen LogP contribution in [0.5, 0.6) is 11.5 Å². The highest BCUT2D eigenvalue weighted by Gasteiger charge is 2.38. The molecule has 7 heteroatoms. The van der Waals surface area contributed by atoms with Crippen molar-refractivity contribution in [1.29, 1.82) is 0 Å². The van der Waals surface area contributed by atoms with Gasteiger partial charge in [0.2, 0.25) is 0 Å². The van der Waals surface area contributed by atoms with Gasteiger partial charge < -0.3 is 19.5 Å². The van der Waals surface area contributed by atoms with Crippen LogP contribution in [-0.2, 0) is 14.3 Å². The van der Waals surface area contributed by atoms with E-state index in [1.807, 2.05) is 19.1 Å². The lowest BCUT2D eigenvalue weighted by Gasteiger charge is -2.14. The van der Waals surface area contributed by atoms with Gasteiger partial charge in [0.05, 0.1) is 32.4 Å². The van der Waals surface area contributed by atoms with Crippen LogP contribution in [0.15, 0.2) is 54.2 Å². The van der Waals surface area contributed by atoms with Crippen LogP contribution in [0.1, 0.15) is 12.5 Å². The zero-order valence-electron chi connectivity index (χ0n) is 16.7. The van der Waals surface area contributed by atoms with Gasteiger partial charge in [0.1, 0.15) is 17.2 Å². The van der Waals surface area contributed by atoms with E-state index in [9.17, 15) is 9.59 Å². The van der Waals surface area contributed by atoms with Crippen LogP contribution in [-0.4, -0.2) is 50.7 Å². The van der Waals surface area contributed by atoms with Crippen LogP contribution in [0.3, 0.4) is 0 Å². The molecule has 1 aliphatic heterocycles. The average molecular weight is 396 g/mol. The van der Waals surface area contributed by atoms with Crippen LogP contribution >= 0.6 is 0 Å². The Morgan fingerprint density at radius 1 is 0.897 bits per heavy atom. The molecular formula is C22H24N2O5. The van der Waals surface area contributed by atoms with Crippen molar-refractivity contribution in [2.75, 3.05) is 39.3 Å². The summed E-state index contributed by atoms with van der Waals surface area (Å²) in [6.07, 6.45) is 0. The first-order valence-electron chi connectivity index (χ1n) is 9.32. The number of methoxy groups -OCH3 is 2. The minimum Gasteiger partial charge on any atom is -0.497 e. The van der Waals surface area contributed by atoms with Gasteiger partial charge in [-0.25, -0.2) is 0 Å². The fraction of sp³-hybridized carbons (Fsp3) is 0.273. The molecule has 0 radical (unpaired) electrons. The molecule has 1 aliphatic rings. The number of benzene rings is 2. The van der Waals surface area contributed by atoms with Crippen molar-refractivity contribution in [3.05, 3.63) is 59.8 Å². The first kappa shape index (κ1) is 20.4. The lowest BCUT2D eigenvalue weighted by Crippen LogP contribution is -2.35. The third-order valence-corrected chi connectivity index (χ3v) is 4.50. The van der Waals surface area contributed by atoms with Crippen molar-refractivity contribution in [1.82, 2.24) is 4.90 Å². The number of nitrogens with one attached hydrogen (secondary N) is 1. The van der Waals surface area contributed by atoms with Gasteiger partial charge in [-0.05, 0) is 48.9 Å². The molecule has 3 rings (SSSR count). The first-order valence-corrected chi connectivity index (χ1v) is 9.32. The highest BCUT2D eigenvalue weighted by Crippen LogP contribution is 2.31. The molecule has 0 saturated carbocycles. The van der Waals surface area contributed by atoms with Gasteiger partial charge in [0.25, 0.3) is 11.8 Å². The van der Waals surface area contributed by atoms with E-state index in [4.69, 9.17) is 14.2 Å². The van der Waals surface area contributed by atoms with E-state index in [1.165, 1.54) is 12.0 Å². The molecule has 0 aliphatic carbocycles. The normalized spacial score (nSPS) is 13.8. The fourth-order valence-corrected chi connectivity index (χ4v) is 3.05. The molecule has 0 aromatic heterocycles. The summed E-state index contributed by atoms with van der Waals surface area (Å²) in [5, 5.41) is 3.11. The number of imide groups is 1. The number of hydrogen-bond acceptors (Lipinski definition) is 6. The van der Waals surface area contributed by atoms with E-state index in [1.54, 1.807) is 43.5 Å². The van der Waals surface area contributed by atoms with E-state index in [2.05, 4.69) is 5.32 Å². The monoisotopic (exact) mass is 396 g/mol. The Bertz CT molecular complexity index is 904. The predicted octanol–water partition coefficient (Wildman–Crippen LogP) is 2.93. The molecule has 7 nitrogen and oxygen atoms in total. The zero-order valence-corrected chi connectivity index (χ0v) is 16.7. The molecule has 0 fully saturated rings. The molecule has 0 unspecified atom stereocenters. The second-order valence-corrected chi connectivity index (χ2v) is 6.32. The summed E-state index contributed by atoms with van der Waals surface area (Å²) in [5.41, 5.74) is 1.88. The Hall–Kier alpha value is -3.32. The Morgan fingerprint density at radius 2 is 1.55 bits per heavy atom. The summed E-state index contributed by atoms with van der Waals surface area (Å²) < 4.78 is 15.7. The second-order valence-electron chi connectivity index (χ2n) is 6.32. The summed E-state index contributed by atoms with van der Waals surface area (Å²) in [4.78, 5) is 27.2. The van der Waals surface area contributed by atoms with Crippen LogP contribution in [0.4, 0.5) is 5.69 Å². The standard InChI is InChI=1S/C22H24N2O5/c1-4-29-18-11-7-16(8-12-18)23-20-19(15-5-9-17(28-3)10-6-15)21(25)24(22(20)26)13-14-27-2/h5-12,23H,4,13-14H2,1-3H3. The van der Waals surface area contributed by atoms with Crippen LogP contribution in [0.2, 0.25) is 0 Å². The van der Waals surface area contributed by atoms with Crippen molar-refractivity contribution in [2.24, 2.45) is 0 Å². The van der Waals surface area contributed by atoms with Crippen molar-refractivity contribution >= 4 is 23.1 Å². The minimum absolute atomic E-state index is 0.183. The maximum Gasteiger partial charge on any atom is 0.278 e. The summed E-state index contributed by atoms with van der Waals surface area (Å²) in [7, 11) is 3.10. The molecule has 1 heterocycles. The lowest BCUT2D eigenvalue weighted by molar-refractivity contribution is -0.137. The van der Waals surface area contributed by atoms with Crippen LogP contribution < -0.4 is 14.8 Å². The maximum absolute atomic E-state index is 13.0. The summed E-state index contributed by atoms with van der Waals surface area (Å²) in [5.74, 6) is 0.666. The van der Waals surface area contributed by atoms with Gasteiger partial charge in [0, 0.05) is 12.8 Å². The van der Waals surface area contributed by atoms with Gasteiger partial charge in [-0.3, -0.25) is 14.5 Å². The topological polar surface area (TPSA) is 77.1 Å². The molecule has 0 atom stereocenters. The number of carbonyl (C=O) groups excluding carboxylic acids is 2. The van der Waals surface area contributed by atoms with E-state index in [0.717, 1.165) is 5.75 Å². The van der Waals surface area contributed by atoms with E-state index in [0.29, 0.717) is 29.2 Å². The molecule has 2 amide bonds. The Kier molecular flexibility index (Phi) is 6.51. The highest BCUT2D eigenvalue weighted by molar-refractivity contribution is 6.36. The largest absolute Gasteiger partial charge is 0.497 e. The van der Waals surface area contributed by atoms with Crippen molar-refractivity contribution in [2.45, 2.75) is 6.92 Å². The summed E-state index contributed by atoms with van der Waals surface area (Å²) >= 11 is 0. The van der Waals surface area contributed by atoms with Gasteiger partial charge in [-0.15, -0.1) is 0 Å². The summed E-state index contributed by atoms with van der Waals surface area (Å²) in [6, 6.07) is 14.3. The number of nitrogens with zero attached hydrogens (tertiary/aromatic N) is 1. The van der Waals surface area contributed by atoms with Crippen LogP contribution in [0.25, 0.3) is 5.57 Å². The molecule has 0 bridgehead atoms. The first-order chi connectivity index (χ1) is 14.1. The minimum atomic E-state index is -0.383. The number of amides is 2. The van der Waals surface area contributed by atoms with Crippen molar-refractivity contribution in [3.8, 4) is 11.5 Å². The van der Waals surface area contributed by atoms with E-state index in [-0.39, 0.29) is 30.7 Å². The molecule has 1 N–H and O–H groups in total. The van der Waals surface area contributed by atoms with Crippen molar-refractivity contribution in [3.63, 3.8) is 0 Å². The molecule has 152 valence electrons. The number of carbonyl (C=O) groups is 2. The van der Waals surface area contributed by atoms with Crippen LogP contribution in [0, 0.1) is 0 Å². The number of anilines is 1. The van der Waals surface area contributed by atoms with Gasteiger partial charge in [-0.2, -0.15) is 0 Å². The Balaban J connectivity index is 1.96. The van der Waals surface area contributed by atoms with Gasteiger partial charge in [0.15, 0.2) is 0 Å². The quantitative estimate of drug-likeness (QED) is 0.657. The molecule has 29 heavy (non-hydrogen) atoms. The molecular weight excluding hydrogens is 372 g/mol. The fourth-order valence-electron chi connectivity index (χ4n) is 3.05. The second kappa shape index (κ2) is 9.25.